The Labute approximate surface area is 237 Å². The van der Waals surface area contributed by atoms with Crippen molar-refractivity contribution < 1.29 is 0 Å². The fraction of sp³-hybridized carbons (Fsp3) is 0.294. The van der Waals surface area contributed by atoms with Gasteiger partial charge in [0, 0.05) is 49.5 Å². The Morgan fingerprint density at radius 1 is 0.800 bits per heavy atom. The zero-order chi connectivity index (χ0) is 27.5. The summed E-state index contributed by atoms with van der Waals surface area (Å²) in [7, 11) is 4.07. The third-order valence-corrected chi connectivity index (χ3v) is 8.08. The molecule has 2 N–H and O–H groups in total. The third-order valence-electron chi connectivity index (χ3n) is 8.08. The van der Waals surface area contributed by atoms with Crippen molar-refractivity contribution in [1.82, 2.24) is 19.9 Å². The Hall–Kier alpha value is -4.16. The number of anilines is 2. The molecule has 204 valence electrons. The zero-order valence-electron chi connectivity index (χ0n) is 23.6. The molecule has 1 fully saturated rings. The number of aromatic nitrogens is 3. The zero-order valence-corrected chi connectivity index (χ0v) is 23.6. The van der Waals surface area contributed by atoms with Gasteiger partial charge in [-0.25, -0.2) is 4.98 Å². The van der Waals surface area contributed by atoms with E-state index in [1.165, 1.54) is 28.2 Å². The SMILES string of the molecule is Cc1c(CNC2CCC(Nc3nc(N(C)C)c4ccccc4n3)CC2)cc(-c2ccccc2)n1-c1ccccc1. The van der Waals surface area contributed by atoms with Crippen LogP contribution in [0.5, 0.6) is 0 Å². The Bertz CT molecular complexity index is 1570. The second-order valence-corrected chi connectivity index (χ2v) is 11.0. The molecule has 0 saturated heterocycles. The number of para-hydroxylation sites is 2. The second-order valence-electron chi connectivity index (χ2n) is 11.0. The summed E-state index contributed by atoms with van der Waals surface area (Å²) in [6, 6.07) is 32.8. The fourth-order valence-corrected chi connectivity index (χ4v) is 5.91. The fourth-order valence-electron chi connectivity index (χ4n) is 5.91. The van der Waals surface area contributed by atoms with Crippen LogP contribution in [-0.2, 0) is 6.54 Å². The molecule has 2 heterocycles. The van der Waals surface area contributed by atoms with E-state index >= 15 is 0 Å². The van der Waals surface area contributed by atoms with E-state index in [9.17, 15) is 0 Å². The molecule has 0 unspecified atom stereocenters. The van der Waals surface area contributed by atoms with Crippen molar-refractivity contribution in [3.8, 4) is 16.9 Å². The molecule has 2 aromatic heterocycles. The highest BCUT2D eigenvalue weighted by atomic mass is 15.2. The number of benzene rings is 3. The molecule has 6 heteroatoms. The molecule has 6 nitrogen and oxygen atoms in total. The quantitative estimate of drug-likeness (QED) is 0.227. The van der Waals surface area contributed by atoms with Crippen molar-refractivity contribution in [2.24, 2.45) is 0 Å². The minimum absolute atomic E-state index is 0.389. The Morgan fingerprint density at radius 2 is 1.45 bits per heavy atom. The Kier molecular flexibility index (Phi) is 7.51. The molecule has 1 aliphatic carbocycles. The first-order chi connectivity index (χ1) is 19.6. The van der Waals surface area contributed by atoms with Crippen molar-refractivity contribution in [2.45, 2.75) is 51.2 Å². The van der Waals surface area contributed by atoms with Gasteiger partial charge in [-0.05, 0) is 74.1 Å². The second kappa shape index (κ2) is 11.5. The van der Waals surface area contributed by atoms with Crippen molar-refractivity contribution in [1.29, 1.82) is 0 Å². The number of nitrogens with one attached hydrogen (secondary N) is 2. The summed E-state index contributed by atoms with van der Waals surface area (Å²) < 4.78 is 2.39. The largest absolute Gasteiger partial charge is 0.362 e. The summed E-state index contributed by atoms with van der Waals surface area (Å²) in [4.78, 5) is 11.7. The van der Waals surface area contributed by atoms with Gasteiger partial charge < -0.3 is 20.1 Å². The summed E-state index contributed by atoms with van der Waals surface area (Å²) in [5, 5.41) is 8.60. The van der Waals surface area contributed by atoms with Crippen LogP contribution in [0.25, 0.3) is 27.8 Å². The molecule has 6 rings (SSSR count). The van der Waals surface area contributed by atoms with Gasteiger partial charge in [-0.1, -0.05) is 60.7 Å². The van der Waals surface area contributed by atoms with Gasteiger partial charge in [0.25, 0.3) is 0 Å². The maximum atomic E-state index is 4.85. The summed E-state index contributed by atoms with van der Waals surface area (Å²) in [5.74, 6) is 1.68. The van der Waals surface area contributed by atoms with Crippen LogP contribution >= 0.6 is 0 Å². The molecule has 1 aliphatic rings. The topological polar surface area (TPSA) is 58.0 Å². The highest BCUT2D eigenvalue weighted by Crippen LogP contribution is 2.30. The smallest absolute Gasteiger partial charge is 0.225 e. The predicted molar refractivity (Wildman–Crippen MR) is 166 cm³/mol. The van der Waals surface area contributed by atoms with Gasteiger partial charge in [0.1, 0.15) is 5.82 Å². The van der Waals surface area contributed by atoms with E-state index in [2.05, 4.69) is 106 Å². The van der Waals surface area contributed by atoms with Crippen LogP contribution in [0.15, 0.2) is 91.0 Å². The number of rotatable bonds is 8. The monoisotopic (exact) mass is 530 g/mol. The first kappa shape index (κ1) is 26.1. The summed E-state index contributed by atoms with van der Waals surface area (Å²) in [6.45, 7) is 3.11. The number of hydrogen-bond donors (Lipinski definition) is 2. The maximum absolute atomic E-state index is 4.85. The minimum atomic E-state index is 0.389. The van der Waals surface area contributed by atoms with Crippen molar-refractivity contribution in [3.63, 3.8) is 0 Å². The van der Waals surface area contributed by atoms with Gasteiger partial charge >= 0.3 is 0 Å². The lowest BCUT2D eigenvalue weighted by molar-refractivity contribution is 0.352. The van der Waals surface area contributed by atoms with Gasteiger partial charge in [0.15, 0.2) is 0 Å². The molecule has 5 aromatic rings. The summed E-state index contributed by atoms with van der Waals surface area (Å²) in [5.41, 5.74) is 7.29. The van der Waals surface area contributed by atoms with Crippen LogP contribution in [0, 0.1) is 6.92 Å². The van der Waals surface area contributed by atoms with E-state index in [1.54, 1.807) is 0 Å². The first-order valence-electron chi connectivity index (χ1n) is 14.3. The van der Waals surface area contributed by atoms with Crippen LogP contribution in [0.4, 0.5) is 11.8 Å². The maximum Gasteiger partial charge on any atom is 0.225 e. The van der Waals surface area contributed by atoms with E-state index in [0.29, 0.717) is 12.1 Å². The molecule has 0 aliphatic heterocycles. The predicted octanol–water partition coefficient (Wildman–Crippen LogP) is 6.97. The average Bonchev–Trinajstić information content (AvgIpc) is 3.33. The highest BCUT2D eigenvalue weighted by Gasteiger charge is 2.23. The van der Waals surface area contributed by atoms with E-state index < -0.39 is 0 Å². The molecule has 1 saturated carbocycles. The summed E-state index contributed by atoms with van der Waals surface area (Å²) in [6.07, 6.45) is 4.47. The molecule has 40 heavy (non-hydrogen) atoms. The molecule has 0 radical (unpaired) electrons. The molecule has 3 aromatic carbocycles. The number of nitrogens with zero attached hydrogens (tertiary/aromatic N) is 4. The van der Waals surface area contributed by atoms with Crippen LogP contribution in [0.3, 0.4) is 0 Å². The molecule has 0 bridgehead atoms. The van der Waals surface area contributed by atoms with Crippen LogP contribution in [-0.4, -0.2) is 40.7 Å². The molecule has 0 spiro atoms. The Morgan fingerprint density at radius 3 is 2.17 bits per heavy atom. The van der Waals surface area contributed by atoms with Gasteiger partial charge in [-0.2, -0.15) is 4.98 Å². The number of hydrogen-bond acceptors (Lipinski definition) is 5. The third kappa shape index (κ3) is 5.45. The van der Waals surface area contributed by atoms with Crippen molar-refractivity contribution >= 4 is 22.7 Å². The molecular formula is C34H38N6. The van der Waals surface area contributed by atoms with E-state index in [-0.39, 0.29) is 0 Å². The van der Waals surface area contributed by atoms with Gasteiger partial charge in [-0.3, -0.25) is 0 Å². The Balaban J connectivity index is 1.12. The highest BCUT2D eigenvalue weighted by molar-refractivity contribution is 5.90. The van der Waals surface area contributed by atoms with Crippen LogP contribution in [0.1, 0.15) is 36.9 Å². The first-order valence-corrected chi connectivity index (χ1v) is 14.3. The molecular weight excluding hydrogens is 492 g/mol. The standard InChI is InChI=1S/C34H38N6/c1-24-26(22-32(25-12-6-4-7-13-25)40(24)29-14-8-5-9-15-29)23-35-27-18-20-28(21-19-27)36-34-37-31-17-11-10-16-30(31)33(38-34)39(2)3/h4-17,22,27-28,35H,18-21,23H2,1-3H3,(H,36,37,38). The van der Waals surface area contributed by atoms with Crippen molar-refractivity contribution in [3.05, 3.63) is 102 Å². The lowest BCUT2D eigenvalue weighted by atomic mass is 9.91. The van der Waals surface area contributed by atoms with Crippen LogP contribution in [0.2, 0.25) is 0 Å². The minimum Gasteiger partial charge on any atom is -0.362 e. The average molecular weight is 531 g/mol. The molecule has 0 atom stereocenters. The van der Waals surface area contributed by atoms with Gasteiger partial charge in [0.2, 0.25) is 5.95 Å². The summed E-state index contributed by atoms with van der Waals surface area (Å²) >= 11 is 0. The lowest BCUT2D eigenvalue weighted by Gasteiger charge is -2.30. The van der Waals surface area contributed by atoms with Gasteiger partial charge in [-0.15, -0.1) is 0 Å². The molecule has 0 amide bonds. The normalized spacial score (nSPS) is 17.2. The lowest BCUT2D eigenvalue weighted by Crippen LogP contribution is -2.37. The van der Waals surface area contributed by atoms with E-state index in [0.717, 1.165) is 54.9 Å². The van der Waals surface area contributed by atoms with E-state index in [1.807, 2.05) is 26.2 Å². The van der Waals surface area contributed by atoms with Gasteiger partial charge in [0.05, 0.1) is 11.2 Å². The van der Waals surface area contributed by atoms with E-state index in [4.69, 9.17) is 9.97 Å². The van der Waals surface area contributed by atoms with Crippen molar-refractivity contribution in [2.75, 3.05) is 24.3 Å². The van der Waals surface area contributed by atoms with Crippen LogP contribution < -0.4 is 15.5 Å². The number of fused-ring (bicyclic) bond motifs is 1.